The first kappa shape index (κ1) is 18.5. The zero-order valence-electron chi connectivity index (χ0n) is 15.8. The number of hydrogen-bond acceptors (Lipinski definition) is 6. The van der Waals surface area contributed by atoms with Crippen molar-refractivity contribution in [3.8, 4) is 0 Å². The third kappa shape index (κ3) is 4.21. The van der Waals surface area contributed by atoms with Crippen LogP contribution < -0.4 is 10.6 Å². The van der Waals surface area contributed by atoms with Crippen molar-refractivity contribution >= 4 is 33.9 Å². The molecule has 2 aromatic carbocycles. The van der Waals surface area contributed by atoms with Gasteiger partial charge in [0.2, 0.25) is 0 Å². The number of carbonyl (C=O) groups is 2. The summed E-state index contributed by atoms with van der Waals surface area (Å²) in [6.07, 6.45) is 1.47. The van der Waals surface area contributed by atoms with Gasteiger partial charge >= 0.3 is 0 Å². The molecule has 0 fully saturated rings. The standard InChI is InChI=1S/C19H20N8O2/c1-11(21-19(29)13-5-7-15-17(10-13)25-27-23-15)3-2-8-20-18(28)12-4-6-14-16(9-12)24-26-22-14/h4-7,9-11H,2-3,8H2,1H3,(H,20,28)(H,21,29)(H,22,24,26)(H,23,25,27). The molecule has 0 aliphatic rings. The van der Waals surface area contributed by atoms with Crippen molar-refractivity contribution in [3.05, 3.63) is 47.5 Å². The van der Waals surface area contributed by atoms with Crippen molar-refractivity contribution in [2.75, 3.05) is 6.54 Å². The van der Waals surface area contributed by atoms with Crippen LogP contribution in [0, 0.1) is 0 Å². The highest BCUT2D eigenvalue weighted by Crippen LogP contribution is 2.12. The van der Waals surface area contributed by atoms with E-state index in [2.05, 4.69) is 41.5 Å². The highest BCUT2D eigenvalue weighted by molar-refractivity contribution is 5.98. The van der Waals surface area contributed by atoms with Crippen molar-refractivity contribution in [2.24, 2.45) is 0 Å². The lowest BCUT2D eigenvalue weighted by molar-refractivity contribution is 0.0928. The van der Waals surface area contributed by atoms with Crippen LogP contribution in [-0.2, 0) is 0 Å². The molecule has 2 amide bonds. The number of fused-ring (bicyclic) bond motifs is 2. The molecule has 1 unspecified atom stereocenters. The van der Waals surface area contributed by atoms with Crippen LogP contribution in [0.15, 0.2) is 36.4 Å². The monoisotopic (exact) mass is 392 g/mol. The third-order valence-electron chi connectivity index (χ3n) is 4.63. The van der Waals surface area contributed by atoms with E-state index in [4.69, 9.17) is 0 Å². The van der Waals surface area contributed by atoms with Gasteiger partial charge in [-0.05, 0) is 56.2 Å². The van der Waals surface area contributed by atoms with Crippen molar-refractivity contribution in [1.82, 2.24) is 41.5 Å². The van der Waals surface area contributed by atoms with Crippen LogP contribution in [0.1, 0.15) is 40.5 Å². The molecule has 2 heterocycles. The maximum absolute atomic E-state index is 12.4. The predicted octanol–water partition coefficient (Wildman–Crippen LogP) is 1.56. The van der Waals surface area contributed by atoms with Gasteiger partial charge in [-0.1, -0.05) is 0 Å². The summed E-state index contributed by atoms with van der Waals surface area (Å²) in [5, 5.41) is 26.8. The highest BCUT2D eigenvalue weighted by atomic mass is 16.2. The Morgan fingerprint density at radius 1 is 0.862 bits per heavy atom. The van der Waals surface area contributed by atoms with Crippen LogP contribution in [0.25, 0.3) is 22.1 Å². The van der Waals surface area contributed by atoms with Crippen LogP contribution in [0.2, 0.25) is 0 Å². The zero-order chi connectivity index (χ0) is 20.2. The van der Waals surface area contributed by atoms with E-state index in [1.807, 2.05) is 6.92 Å². The minimum Gasteiger partial charge on any atom is -0.352 e. The summed E-state index contributed by atoms with van der Waals surface area (Å²) in [6.45, 7) is 2.45. The predicted molar refractivity (Wildman–Crippen MR) is 106 cm³/mol. The number of H-pyrrole nitrogens is 2. The summed E-state index contributed by atoms with van der Waals surface area (Å²) in [7, 11) is 0. The Morgan fingerprint density at radius 2 is 1.41 bits per heavy atom. The smallest absolute Gasteiger partial charge is 0.251 e. The van der Waals surface area contributed by atoms with E-state index in [-0.39, 0.29) is 17.9 Å². The number of carbonyl (C=O) groups excluding carboxylic acids is 2. The fourth-order valence-corrected chi connectivity index (χ4v) is 3.05. The molecule has 0 spiro atoms. The quantitative estimate of drug-likeness (QED) is 0.352. The Labute approximate surface area is 165 Å². The molecule has 148 valence electrons. The van der Waals surface area contributed by atoms with Gasteiger partial charge in [0.25, 0.3) is 11.8 Å². The fraction of sp³-hybridized carbons (Fsp3) is 0.263. The Kier molecular flexibility index (Phi) is 5.14. The van der Waals surface area contributed by atoms with Gasteiger partial charge in [0.15, 0.2) is 0 Å². The molecule has 29 heavy (non-hydrogen) atoms. The largest absolute Gasteiger partial charge is 0.352 e. The molecular weight excluding hydrogens is 372 g/mol. The second-order valence-electron chi connectivity index (χ2n) is 6.83. The molecule has 10 heteroatoms. The van der Waals surface area contributed by atoms with Crippen LogP contribution in [0.5, 0.6) is 0 Å². The topological polar surface area (TPSA) is 141 Å². The number of benzene rings is 2. The zero-order valence-corrected chi connectivity index (χ0v) is 15.8. The molecule has 0 bridgehead atoms. The number of nitrogens with zero attached hydrogens (tertiary/aromatic N) is 4. The van der Waals surface area contributed by atoms with Crippen LogP contribution in [0.4, 0.5) is 0 Å². The number of aromatic amines is 2. The van der Waals surface area contributed by atoms with Crippen molar-refractivity contribution in [1.29, 1.82) is 0 Å². The maximum atomic E-state index is 12.4. The number of amides is 2. The average molecular weight is 392 g/mol. The summed E-state index contributed by atoms with van der Waals surface area (Å²) < 4.78 is 0. The number of hydrogen-bond donors (Lipinski definition) is 4. The first-order valence-electron chi connectivity index (χ1n) is 9.30. The lowest BCUT2D eigenvalue weighted by atomic mass is 10.1. The van der Waals surface area contributed by atoms with E-state index in [1.165, 1.54) is 0 Å². The fourth-order valence-electron chi connectivity index (χ4n) is 3.05. The highest BCUT2D eigenvalue weighted by Gasteiger charge is 2.12. The number of nitrogens with one attached hydrogen (secondary N) is 4. The molecule has 0 saturated heterocycles. The van der Waals surface area contributed by atoms with E-state index >= 15 is 0 Å². The van der Waals surface area contributed by atoms with E-state index in [9.17, 15) is 9.59 Å². The lowest BCUT2D eigenvalue weighted by Gasteiger charge is -2.14. The minimum absolute atomic E-state index is 0.0288. The van der Waals surface area contributed by atoms with Crippen molar-refractivity contribution in [2.45, 2.75) is 25.8 Å². The van der Waals surface area contributed by atoms with E-state index in [0.29, 0.717) is 39.7 Å². The molecule has 0 aliphatic carbocycles. The SMILES string of the molecule is CC(CCCNC(=O)c1ccc2n[nH]nc2c1)NC(=O)c1ccc2n[nH]nc2c1. The summed E-state index contributed by atoms with van der Waals surface area (Å²) in [5.41, 5.74) is 3.81. The van der Waals surface area contributed by atoms with Gasteiger partial charge in [0.05, 0.1) is 0 Å². The van der Waals surface area contributed by atoms with Crippen LogP contribution in [0.3, 0.4) is 0 Å². The molecule has 4 N–H and O–H groups in total. The Balaban J connectivity index is 1.22. The van der Waals surface area contributed by atoms with Crippen molar-refractivity contribution < 1.29 is 9.59 Å². The van der Waals surface area contributed by atoms with Crippen LogP contribution >= 0.6 is 0 Å². The molecule has 0 radical (unpaired) electrons. The maximum Gasteiger partial charge on any atom is 0.251 e. The second kappa shape index (κ2) is 8.05. The van der Waals surface area contributed by atoms with Gasteiger partial charge in [-0.15, -0.1) is 0 Å². The molecule has 0 saturated carbocycles. The molecule has 2 aromatic heterocycles. The van der Waals surface area contributed by atoms with Gasteiger partial charge < -0.3 is 10.6 Å². The van der Waals surface area contributed by atoms with Gasteiger partial charge in [-0.3, -0.25) is 9.59 Å². The summed E-state index contributed by atoms with van der Waals surface area (Å²) in [6, 6.07) is 10.3. The normalized spacial score (nSPS) is 12.2. The minimum atomic E-state index is -0.160. The van der Waals surface area contributed by atoms with E-state index < -0.39 is 0 Å². The van der Waals surface area contributed by atoms with Gasteiger partial charge in [-0.2, -0.15) is 30.8 Å². The molecule has 10 nitrogen and oxygen atoms in total. The van der Waals surface area contributed by atoms with Gasteiger partial charge in [0, 0.05) is 23.7 Å². The summed E-state index contributed by atoms with van der Waals surface area (Å²) >= 11 is 0. The first-order valence-corrected chi connectivity index (χ1v) is 9.30. The summed E-state index contributed by atoms with van der Waals surface area (Å²) in [5.74, 6) is -0.320. The lowest BCUT2D eigenvalue weighted by Crippen LogP contribution is -2.33. The number of rotatable bonds is 7. The molecule has 4 rings (SSSR count). The van der Waals surface area contributed by atoms with E-state index in [1.54, 1.807) is 36.4 Å². The molecular formula is C19H20N8O2. The second-order valence-corrected chi connectivity index (χ2v) is 6.83. The first-order chi connectivity index (χ1) is 14.1. The molecule has 1 atom stereocenters. The Morgan fingerprint density at radius 3 is 2.03 bits per heavy atom. The average Bonchev–Trinajstić information content (AvgIpc) is 3.38. The van der Waals surface area contributed by atoms with E-state index in [0.717, 1.165) is 12.8 Å². The Bertz CT molecular complexity index is 1170. The molecule has 0 aliphatic heterocycles. The number of aromatic nitrogens is 6. The van der Waals surface area contributed by atoms with Crippen LogP contribution in [-0.4, -0.2) is 55.2 Å². The van der Waals surface area contributed by atoms with Gasteiger partial charge in [0.1, 0.15) is 22.1 Å². The molecule has 4 aromatic rings. The van der Waals surface area contributed by atoms with Crippen molar-refractivity contribution in [3.63, 3.8) is 0 Å². The summed E-state index contributed by atoms with van der Waals surface area (Å²) in [4.78, 5) is 24.6. The van der Waals surface area contributed by atoms with Gasteiger partial charge in [-0.25, -0.2) is 0 Å². The Hall–Kier alpha value is -3.82. The third-order valence-corrected chi connectivity index (χ3v) is 4.63.